The normalized spacial score (nSPS) is 23.8. The van der Waals surface area contributed by atoms with Gasteiger partial charge < -0.3 is 24.9 Å². The first-order valence-electron chi connectivity index (χ1n) is 13.0. The summed E-state index contributed by atoms with van der Waals surface area (Å²) in [5, 5.41) is 21.7. The average molecular weight is 538 g/mol. The lowest BCUT2D eigenvalue weighted by Crippen LogP contribution is -2.44. The molecule has 5 rings (SSSR count). The van der Waals surface area contributed by atoms with Crippen LogP contribution < -0.4 is 9.80 Å². The monoisotopic (exact) mass is 537 g/mol. The van der Waals surface area contributed by atoms with E-state index in [0.717, 1.165) is 24.1 Å². The van der Waals surface area contributed by atoms with Crippen LogP contribution in [0.2, 0.25) is 5.02 Å². The van der Waals surface area contributed by atoms with E-state index < -0.39 is 17.4 Å². The number of anilines is 2. The first-order valence-corrected chi connectivity index (χ1v) is 13.4. The van der Waals surface area contributed by atoms with E-state index in [2.05, 4.69) is 0 Å². The highest BCUT2D eigenvalue weighted by Gasteiger charge is 2.52. The predicted molar refractivity (Wildman–Crippen MR) is 145 cm³/mol. The van der Waals surface area contributed by atoms with Crippen LogP contribution in [0.4, 0.5) is 11.4 Å². The molecule has 2 fully saturated rings. The lowest BCUT2D eigenvalue weighted by Gasteiger charge is -2.31. The van der Waals surface area contributed by atoms with Gasteiger partial charge in [-0.05, 0) is 48.7 Å². The van der Waals surface area contributed by atoms with Crippen molar-refractivity contribution in [1.29, 1.82) is 0 Å². The molecule has 8 nitrogen and oxygen atoms in total. The van der Waals surface area contributed by atoms with Gasteiger partial charge in [0.05, 0.1) is 24.9 Å². The second-order valence-corrected chi connectivity index (χ2v) is 10.7. The zero-order valence-corrected chi connectivity index (χ0v) is 22.1. The molecular formula is C29H32ClN3O5. The van der Waals surface area contributed by atoms with Crippen molar-refractivity contribution in [3.63, 3.8) is 0 Å². The number of rotatable bonds is 8. The quantitative estimate of drug-likeness (QED) is 0.397. The van der Waals surface area contributed by atoms with Gasteiger partial charge in [-0.2, -0.15) is 0 Å². The SMILES string of the molecule is C[C@@H](/C=C/CC(=O)N1CCC[C@H]1CO)[C@]1(O)C(=O)N(Cc2ccc(N3CCC3=O)cc2)c2ccc(Cl)cc21. The van der Waals surface area contributed by atoms with Gasteiger partial charge in [0.1, 0.15) is 0 Å². The molecule has 0 spiro atoms. The molecule has 0 bridgehead atoms. The van der Waals surface area contributed by atoms with Crippen molar-refractivity contribution in [2.24, 2.45) is 5.92 Å². The topological polar surface area (TPSA) is 101 Å². The number of hydrogen-bond acceptors (Lipinski definition) is 5. The highest BCUT2D eigenvalue weighted by Crippen LogP contribution is 2.46. The van der Waals surface area contributed by atoms with Crippen LogP contribution in [0.5, 0.6) is 0 Å². The van der Waals surface area contributed by atoms with Gasteiger partial charge in [0.15, 0.2) is 5.60 Å². The molecule has 9 heteroatoms. The van der Waals surface area contributed by atoms with Gasteiger partial charge in [0.2, 0.25) is 11.8 Å². The van der Waals surface area contributed by atoms with Gasteiger partial charge in [-0.15, -0.1) is 0 Å². The Morgan fingerprint density at radius 2 is 1.95 bits per heavy atom. The molecule has 0 unspecified atom stereocenters. The van der Waals surface area contributed by atoms with E-state index in [0.29, 0.717) is 35.8 Å². The number of fused-ring (bicyclic) bond motifs is 1. The third kappa shape index (κ3) is 4.61. The molecule has 38 heavy (non-hydrogen) atoms. The van der Waals surface area contributed by atoms with Crippen LogP contribution in [0.3, 0.4) is 0 Å². The van der Waals surface area contributed by atoms with Gasteiger partial charge in [-0.25, -0.2) is 0 Å². The molecular weight excluding hydrogens is 506 g/mol. The molecule has 3 atom stereocenters. The second kappa shape index (κ2) is 10.5. The highest BCUT2D eigenvalue weighted by molar-refractivity contribution is 6.31. The van der Waals surface area contributed by atoms with Gasteiger partial charge >= 0.3 is 0 Å². The minimum Gasteiger partial charge on any atom is -0.394 e. The minimum absolute atomic E-state index is 0.0490. The molecule has 3 aliphatic heterocycles. The lowest BCUT2D eigenvalue weighted by atomic mass is 9.83. The Balaban J connectivity index is 1.34. The summed E-state index contributed by atoms with van der Waals surface area (Å²) in [6, 6.07) is 12.4. The summed E-state index contributed by atoms with van der Waals surface area (Å²) in [5.74, 6) is -1.07. The number of amides is 3. The third-order valence-electron chi connectivity index (χ3n) is 7.95. The average Bonchev–Trinajstić information content (AvgIpc) is 3.47. The summed E-state index contributed by atoms with van der Waals surface area (Å²) in [6.07, 6.45) is 5.74. The number of carbonyl (C=O) groups is 3. The molecule has 2 saturated heterocycles. The number of benzene rings is 2. The maximum atomic E-state index is 13.7. The Labute approximate surface area is 227 Å². The van der Waals surface area contributed by atoms with Gasteiger partial charge in [-0.3, -0.25) is 14.4 Å². The van der Waals surface area contributed by atoms with Crippen molar-refractivity contribution in [2.75, 3.05) is 29.5 Å². The number of aliphatic hydroxyl groups is 2. The third-order valence-corrected chi connectivity index (χ3v) is 8.19. The minimum atomic E-state index is -1.84. The number of carbonyl (C=O) groups excluding carboxylic acids is 3. The van der Waals surface area contributed by atoms with Crippen LogP contribution in [0.15, 0.2) is 54.6 Å². The van der Waals surface area contributed by atoms with E-state index in [1.807, 2.05) is 24.3 Å². The zero-order valence-electron chi connectivity index (χ0n) is 21.3. The fraction of sp³-hybridized carbons (Fsp3) is 0.414. The Morgan fingerprint density at radius 3 is 2.61 bits per heavy atom. The fourth-order valence-electron chi connectivity index (χ4n) is 5.61. The molecule has 3 amide bonds. The van der Waals surface area contributed by atoms with Crippen molar-refractivity contribution >= 4 is 40.7 Å². The van der Waals surface area contributed by atoms with Crippen molar-refractivity contribution < 1.29 is 24.6 Å². The molecule has 2 aromatic carbocycles. The maximum absolute atomic E-state index is 13.7. The first kappa shape index (κ1) is 26.4. The van der Waals surface area contributed by atoms with Crippen LogP contribution >= 0.6 is 11.6 Å². The summed E-state index contributed by atoms with van der Waals surface area (Å²) in [5.41, 5.74) is 0.863. The van der Waals surface area contributed by atoms with E-state index in [9.17, 15) is 24.6 Å². The predicted octanol–water partition coefficient (Wildman–Crippen LogP) is 3.38. The molecule has 0 radical (unpaired) electrons. The Morgan fingerprint density at radius 1 is 1.18 bits per heavy atom. The largest absolute Gasteiger partial charge is 0.394 e. The van der Waals surface area contributed by atoms with Gasteiger partial charge in [0, 0.05) is 48.1 Å². The van der Waals surface area contributed by atoms with Crippen molar-refractivity contribution in [2.45, 2.75) is 50.8 Å². The van der Waals surface area contributed by atoms with Gasteiger partial charge in [0.25, 0.3) is 5.91 Å². The highest BCUT2D eigenvalue weighted by atomic mass is 35.5. The smallest absolute Gasteiger partial charge is 0.264 e. The van der Waals surface area contributed by atoms with E-state index in [1.165, 1.54) is 0 Å². The van der Waals surface area contributed by atoms with E-state index in [1.54, 1.807) is 52.0 Å². The van der Waals surface area contributed by atoms with Crippen molar-refractivity contribution in [3.8, 4) is 0 Å². The molecule has 3 aliphatic rings. The summed E-state index contributed by atoms with van der Waals surface area (Å²) in [4.78, 5) is 43.1. The van der Waals surface area contributed by atoms with Crippen LogP contribution in [0.1, 0.15) is 43.7 Å². The molecule has 2 aromatic rings. The summed E-state index contributed by atoms with van der Waals surface area (Å²) < 4.78 is 0. The van der Waals surface area contributed by atoms with Crippen molar-refractivity contribution in [1.82, 2.24) is 4.90 Å². The molecule has 0 aromatic heterocycles. The van der Waals surface area contributed by atoms with E-state index >= 15 is 0 Å². The Kier molecular flexibility index (Phi) is 7.31. The molecule has 3 heterocycles. The second-order valence-electron chi connectivity index (χ2n) is 10.3. The number of hydrogen-bond donors (Lipinski definition) is 2. The zero-order chi connectivity index (χ0) is 27.0. The molecule has 2 N–H and O–H groups in total. The van der Waals surface area contributed by atoms with E-state index in [-0.39, 0.29) is 37.4 Å². The van der Waals surface area contributed by atoms with Crippen molar-refractivity contribution in [3.05, 3.63) is 70.8 Å². The number of aliphatic hydroxyl groups excluding tert-OH is 1. The van der Waals surface area contributed by atoms with E-state index in [4.69, 9.17) is 11.6 Å². The standard InChI is InChI=1S/C29H32ClN3O5/c1-19(4-2-6-26(35)31-14-3-5-23(31)18-34)29(38)24-16-21(30)9-12-25(24)33(28(29)37)17-20-7-10-22(11-8-20)32-15-13-27(32)36/h2,4,7-12,16,19,23,34,38H,3,5-6,13-15,17-18H2,1H3/b4-2+/t19-,23-,29+/m0/s1. The van der Waals surface area contributed by atoms with Crippen LogP contribution in [-0.4, -0.2) is 58.6 Å². The number of halogens is 1. The maximum Gasteiger partial charge on any atom is 0.264 e. The summed E-state index contributed by atoms with van der Waals surface area (Å²) in [6.45, 7) is 3.29. The fourth-order valence-corrected chi connectivity index (χ4v) is 5.78. The summed E-state index contributed by atoms with van der Waals surface area (Å²) in [7, 11) is 0. The van der Waals surface area contributed by atoms with Gasteiger partial charge in [-0.1, -0.05) is 42.8 Å². The Bertz CT molecular complexity index is 1280. The number of nitrogens with zero attached hydrogens (tertiary/aromatic N) is 3. The Hall–Kier alpha value is -3.20. The van der Waals surface area contributed by atoms with Crippen LogP contribution in [0.25, 0.3) is 0 Å². The molecule has 0 aliphatic carbocycles. The molecule has 0 saturated carbocycles. The van der Waals surface area contributed by atoms with Crippen LogP contribution in [-0.2, 0) is 26.5 Å². The molecule has 200 valence electrons. The first-order chi connectivity index (χ1) is 18.2. The number of likely N-dealkylation sites (tertiary alicyclic amines) is 1. The summed E-state index contributed by atoms with van der Waals surface area (Å²) >= 11 is 6.27. The lowest BCUT2D eigenvalue weighted by molar-refractivity contribution is -0.139. The number of β-lactam (4-membered cyclic amide) rings is 1. The van der Waals surface area contributed by atoms with Crippen LogP contribution in [0, 0.1) is 5.92 Å².